The molecule has 0 aliphatic heterocycles. The quantitative estimate of drug-likeness (QED) is 0.715. The molecule has 0 amide bonds. The van der Waals surface area contributed by atoms with Gasteiger partial charge in [-0.3, -0.25) is 0 Å². The first kappa shape index (κ1) is 16.4. The van der Waals surface area contributed by atoms with E-state index in [9.17, 15) is 23.1 Å². The van der Waals surface area contributed by atoms with Crippen LogP contribution < -0.4 is 0 Å². The van der Waals surface area contributed by atoms with Gasteiger partial charge in [-0.2, -0.15) is 13.2 Å². The third-order valence-electron chi connectivity index (χ3n) is 3.68. The first-order chi connectivity index (χ1) is 11.3. The highest BCUT2D eigenvalue weighted by atomic mass is 35.5. The number of aromatic nitrogens is 1. The molecule has 7 heteroatoms. The maximum absolute atomic E-state index is 12.8. The van der Waals surface area contributed by atoms with E-state index in [0.29, 0.717) is 21.5 Å². The van der Waals surface area contributed by atoms with Gasteiger partial charge in [0, 0.05) is 22.5 Å². The van der Waals surface area contributed by atoms with E-state index < -0.39 is 17.7 Å². The highest BCUT2D eigenvalue weighted by molar-refractivity contribution is 6.31. The summed E-state index contributed by atoms with van der Waals surface area (Å²) in [4.78, 5) is 11.5. The molecule has 0 spiro atoms. The van der Waals surface area contributed by atoms with Crippen LogP contribution in [0.5, 0.6) is 0 Å². The summed E-state index contributed by atoms with van der Waals surface area (Å²) in [6, 6.07) is 11.2. The van der Waals surface area contributed by atoms with Gasteiger partial charge in [0.2, 0.25) is 0 Å². The van der Waals surface area contributed by atoms with Crippen molar-refractivity contribution in [3.8, 4) is 0 Å². The fraction of sp³-hybridized carbons (Fsp3) is 0.118. The van der Waals surface area contributed by atoms with E-state index in [2.05, 4.69) is 0 Å². The number of rotatable bonds is 3. The van der Waals surface area contributed by atoms with Crippen molar-refractivity contribution in [1.82, 2.24) is 4.57 Å². The van der Waals surface area contributed by atoms with E-state index in [1.807, 2.05) is 0 Å². The molecule has 3 rings (SSSR count). The molecule has 1 heterocycles. The predicted octanol–water partition coefficient (Wildman–Crippen LogP) is 5.06. The molecule has 0 saturated carbocycles. The number of halogens is 4. The number of hydrogen-bond acceptors (Lipinski definition) is 1. The van der Waals surface area contributed by atoms with E-state index in [1.165, 1.54) is 22.8 Å². The predicted molar refractivity (Wildman–Crippen MR) is 84.5 cm³/mol. The van der Waals surface area contributed by atoms with Crippen molar-refractivity contribution in [1.29, 1.82) is 0 Å². The van der Waals surface area contributed by atoms with Crippen molar-refractivity contribution >= 4 is 28.5 Å². The lowest BCUT2D eigenvalue weighted by Crippen LogP contribution is -2.10. The molecule has 0 saturated heterocycles. The second kappa shape index (κ2) is 5.87. The van der Waals surface area contributed by atoms with Crippen LogP contribution in [0.4, 0.5) is 13.2 Å². The maximum atomic E-state index is 12.8. The van der Waals surface area contributed by atoms with E-state index in [0.717, 1.165) is 12.1 Å². The van der Waals surface area contributed by atoms with Gasteiger partial charge in [0.1, 0.15) is 5.69 Å². The van der Waals surface area contributed by atoms with Gasteiger partial charge >= 0.3 is 12.1 Å². The molecule has 3 aromatic rings. The molecule has 0 atom stereocenters. The summed E-state index contributed by atoms with van der Waals surface area (Å²) in [5.74, 6) is -1.16. The minimum absolute atomic E-state index is 0.00956. The zero-order chi connectivity index (χ0) is 17.5. The highest BCUT2D eigenvalue weighted by Gasteiger charge is 2.30. The van der Waals surface area contributed by atoms with Crippen LogP contribution in [0.3, 0.4) is 0 Å². The summed E-state index contributed by atoms with van der Waals surface area (Å²) in [6.45, 7) is 0.0106. The Balaban J connectivity index is 2.10. The molecule has 0 radical (unpaired) electrons. The van der Waals surface area contributed by atoms with Crippen LogP contribution in [0.25, 0.3) is 10.9 Å². The summed E-state index contributed by atoms with van der Waals surface area (Å²) >= 11 is 5.91. The van der Waals surface area contributed by atoms with E-state index in [-0.39, 0.29) is 12.2 Å². The number of aromatic carboxylic acids is 1. The molecule has 0 fully saturated rings. The van der Waals surface area contributed by atoms with Gasteiger partial charge in [0.05, 0.1) is 5.56 Å². The summed E-state index contributed by atoms with van der Waals surface area (Å²) in [7, 11) is 0. The Labute approximate surface area is 139 Å². The lowest BCUT2D eigenvalue weighted by atomic mass is 10.1. The van der Waals surface area contributed by atoms with Crippen molar-refractivity contribution in [3.63, 3.8) is 0 Å². The lowest BCUT2D eigenvalue weighted by molar-refractivity contribution is -0.137. The summed E-state index contributed by atoms with van der Waals surface area (Å²) in [6.07, 6.45) is -4.45. The Morgan fingerprint density at radius 1 is 1.12 bits per heavy atom. The summed E-state index contributed by atoms with van der Waals surface area (Å²) in [5, 5.41) is 10.4. The number of fused-ring (bicyclic) bond motifs is 1. The Morgan fingerprint density at radius 3 is 2.54 bits per heavy atom. The van der Waals surface area contributed by atoms with Gasteiger partial charge in [-0.25, -0.2) is 4.79 Å². The van der Waals surface area contributed by atoms with E-state index in [4.69, 9.17) is 11.6 Å². The second-order valence-electron chi connectivity index (χ2n) is 5.32. The van der Waals surface area contributed by atoms with E-state index >= 15 is 0 Å². The second-order valence-corrected chi connectivity index (χ2v) is 5.76. The molecular formula is C17H11ClF3NO2. The normalized spacial score (nSPS) is 11.8. The van der Waals surface area contributed by atoms with Gasteiger partial charge in [-0.1, -0.05) is 23.7 Å². The van der Waals surface area contributed by atoms with Gasteiger partial charge in [0.15, 0.2) is 0 Å². The topological polar surface area (TPSA) is 42.2 Å². The average molecular weight is 354 g/mol. The van der Waals surface area contributed by atoms with Gasteiger partial charge in [-0.05, 0) is 42.0 Å². The molecule has 1 N–H and O–H groups in total. The Bertz CT molecular complexity index is 931. The summed E-state index contributed by atoms with van der Waals surface area (Å²) in [5.41, 5.74) is 0.176. The third kappa shape index (κ3) is 3.10. The van der Waals surface area contributed by atoms with Crippen molar-refractivity contribution in [2.24, 2.45) is 0 Å². The van der Waals surface area contributed by atoms with Crippen LogP contribution in [0.2, 0.25) is 5.02 Å². The van der Waals surface area contributed by atoms with Crippen LogP contribution in [0, 0.1) is 0 Å². The number of carboxylic acids is 1. The molecular weight excluding hydrogens is 343 g/mol. The molecule has 0 aliphatic carbocycles. The fourth-order valence-corrected chi connectivity index (χ4v) is 2.80. The minimum Gasteiger partial charge on any atom is -0.477 e. The Hall–Kier alpha value is -2.47. The number of alkyl halides is 3. The molecule has 3 nitrogen and oxygen atoms in total. The van der Waals surface area contributed by atoms with E-state index in [1.54, 1.807) is 18.2 Å². The highest BCUT2D eigenvalue weighted by Crippen LogP contribution is 2.30. The first-order valence-electron chi connectivity index (χ1n) is 6.94. The lowest BCUT2D eigenvalue weighted by Gasteiger charge is -2.11. The zero-order valence-electron chi connectivity index (χ0n) is 12.1. The summed E-state index contributed by atoms with van der Waals surface area (Å²) < 4.78 is 40.0. The third-order valence-corrected chi connectivity index (χ3v) is 3.91. The SMILES string of the molecule is O=C(O)c1cc2cc(Cl)ccc2n1Cc1cccc(C(F)(F)F)c1. The molecule has 0 aliphatic rings. The van der Waals surface area contributed by atoms with Crippen LogP contribution in [-0.4, -0.2) is 15.6 Å². The van der Waals surface area contributed by atoms with Crippen LogP contribution in [-0.2, 0) is 12.7 Å². The van der Waals surface area contributed by atoms with Crippen LogP contribution in [0.1, 0.15) is 21.6 Å². The molecule has 24 heavy (non-hydrogen) atoms. The van der Waals surface area contributed by atoms with Crippen LogP contribution >= 0.6 is 11.6 Å². The smallest absolute Gasteiger partial charge is 0.416 e. The van der Waals surface area contributed by atoms with Crippen molar-refractivity contribution in [2.75, 3.05) is 0 Å². The molecule has 0 unspecified atom stereocenters. The number of benzene rings is 2. The van der Waals surface area contributed by atoms with Crippen molar-refractivity contribution in [2.45, 2.75) is 12.7 Å². The van der Waals surface area contributed by atoms with Gasteiger partial charge in [0.25, 0.3) is 0 Å². The van der Waals surface area contributed by atoms with Crippen molar-refractivity contribution < 1.29 is 23.1 Å². The van der Waals surface area contributed by atoms with Crippen molar-refractivity contribution in [3.05, 3.63) is 70.4 Å². The maximum Gasteiger partial charge on any atom is 0.416 e. The fourth-order valence-electron chi connectivity index (χ4n) is 2.62. The first-order valence-corrected chi connectivity index (χ1v) is 7.32. The monoisotopic (exact) mass is 353 g/mol. The molecule has 1 aromatic heterocycles. The Morgan fingerprint density at radius 2 is 1.88 bits per heavy atom. The molecule has 0 bridgehead atoms. The molecule has 124 valence electrons. The number of nitrogens with zero attached hydrogens (tertiary/aromatic N) is 1. The standard InChI is InChI=1S/C17H11ClF3NO2/c18-13-4-5-14-11(7-13)8-15(16(23)24)22(14)9-10-2-1-3-12(6-10)17(19,20)21/h1-8H,9H2,(H,23,24). The van der Waals surface area contributed by atoms with Gasteiger partial charge in [-0.15, -0.1) is 0 Å². The number of carbonyl (C=O) groups is 1. The number of carboxylic acid groups (broad SMARTS) is 1. The molecule has 2 aromatic carbocycles. The minimum atomic E-state index is -4.45. The Kier molecular flexibility index (Phi) is 4.01. The number of hydrogen-bond donors (Lipinski definition) is 1. The van der Waals surface area contributed by atoms with Crippen LogP contribution in [0.15, 0.2) is 48.5 Å². The average Bonchev–Trinajstić information content (AvgIpc) is 2.85. The zero-order valence-corrected chi connectivity index (χ0v) is 12.9. The largest absolute Gasteiger partial charge is 0.477 e. The van der Waals surface area contributed by atoms with Gasteiger partial charge < -0.3 is 9.67 Å².